The molecule has 0 saturated carbocycles. The molecule has 0 unspecified atom stereocenters. The van der Waals surface area contributed by atoms with E-state index in [1.54, 1.807) is 6.08 Å². The van der Waals surface area contributed by atoms with E-state index in [-0.39, 0.29) is 16.9 Å². The number of carboxylic acids is 1. The first kappa shape index (κ1) is 14.1. The summed E-state index contributed by atoms with van der Waals surface area (Å²) in [6.45, 7) is 3.88. The molecule has 2 aromatic rings. The zero-order valence-corrected chi connectivity index (χ0v) is 11.4. The van der Waals surface area contributed by atoms with Crippen LogP contribution in [-0.4, -0.2) is 35.9 Å². The molecule has 0 radical (unpaired) electrons. The number of aliphatic carboxylic acids is 1. The standard InChI is InChI=1S/C11H12N4O4S/c1-3-4-15-7-8(12-11(15)20-5-6(16)17)14(2)10(19)13-9(7)18/h3H,1,4-5H2,2H3,(H,16,17)(H,13,18,19). The molecule has 106 valence electrons. The number of hydrogen-bond donors (Lipinski definition) is 2. The van der Waals surface area contributed by atoms with Gasteiger partial charge in [-0.1, -0.05) is 17.8 Å². The van der Waals surface area contributed by atoms with Gasteiger partial charge in [0.15, 0.2) is 16.3 Å². The Morgan fingerprint density at radius 2 is 2.25 bits per heavy atom. The number of hydrogen-bond acceptors (Lipinski definition) is 5. The fourth-order valence-electron chi connectivity index (χ4n) is 1.75. The summed E-state index contributed by atoms with van der Waals surface area (Å²) in [5.41, 5.74) is -0.687. The quantitative estimate of drug-likeness (QED) is 0.583. The summed E-state index contributed by atoms with van der Waals surface area (Å²) in [4.78, 5) is 40.5. The summed E-state index contributed by atoms with van der Waals surface area (Å²) in [5, 5.41) is 9.08. The number of rotatable bonds is 5. The highest BCUT2D eigenvalue weighted by Gasteiger charge is 2.17. The zero-order valence-electron chi connectivity index (χ0n) is 10.6. The molecular weight excluding hydrogens is 284 g/mol. The van der Waals surface area contributed by atoms with Crippen LogP contribution in [0.2, 0.25) is 0 Å². The van der Waals surface area contributed by atoms with Gasteiger partial charge in [-0.15, -0.1) is 6.58 Å². The zero-order chi connectivity index (χ0) is 14.9. The first-order valence-corrected chi connectivity index (χ1v) is 6.59. The lowest BCUT2D eigenvalue weighted by Crippen LogP contribution is -2.29. The van der Waals surface area contributed by atoms with Crippen LogP contribution in [-0.2, 0) is 18.4 Å². The number of thioether (sulfide) groups is 1. The minimum Gasteiger partial charge on any atom is -0.481 e. The number of H-pyrrole nitrogens is 1. The summed E-state index contributed by atoms with van der Waals surface area (Å²) < 4.78 is 2.75. The van der Waals surface area contributed by atoms with Crippen molar-refractivity contribution in [1.29, 1.82) is 0 Å². The molecule has 9 heteroatoms. The van der Waals surface area contributed by atoms with E-state index in [0.717, 1.165) is 11.8 Å². The average Bonchev–Trinajstić information content (AvgIpc) is 2.74. The van der Waals surface area contributed by atoms with E-state index in [4.69, 9.17) is 5.11 Å². The topological polar surface area (TPSA) is 110 Å². The fraction of sp³-hybridized carbons (Fsp3) is 0.273. The van der Waals surface area contributed by atoms with Crippen molar-refractivity contribution in [3.8, 4) is 0 Å². The van der Waals surface area contributed by atoms with E-state index < -0.39 is 17.2 Å². The molecule has 20 heavy (non-hydrogen) atoms. The molecule has 0 aliphatic rings. The molecule has 0 atom stereocenters. The number of aryl methyl sites for hydroxylation is 1. The van der Waals surface area contributed by atoms with Crippen LogP contribution >= 0.6 is 11.8 Å². The van der Waals surface area contributed by atoms with Gasteiger partial charge in [-0.2, -0.15) is 0 Å². The first-order valence-electron chi connectivity index (χ1n) is 5.60. The summed E-state index contributed by atoms with van der Waals surface area (Å²) in [7, 11) is 1.48. The number of fused-ring (bicyclic) bond motifs is 1. The molecule has 0 aliphatic heterocycles. The van der Waals surface area contributed by atoms with Crippen LogP contribution in [0.4, 0.5) is 0 Å². The summed E-state index contributed by atoms with van der Waals surface area (Å²) in [5.74, 6) is -1.18. The predicted molar refractivity (Wildman–Crippen MR) is 74.2 cm³/mol. The minimum absolute atomic E-state index is 0.188. The summed E-state index contributed by atoms with van der Waals surface area (Å²) in [6.07, 6.45) is 1.57. The van der Waals surface area contributed by atoms with E-state index in [2.05, 4.69) is 16.5 Å². The molecule has 2 aromatic heterocycles. The van der Waals surface area contributed by atoms with Gasteiger partial charge in [0.2, 0.25) is 0 Å². The third-order valence-electron chi connectivity index (χ3n) is 2.61. The molecule has 0 aliphatic carbocycles. The van der Waals surface area contributed by atoms with Crippen LogP contribution in [0.5, 0.6) is 0 Å². The SMILES string of the molecule is C=CCn1c(SCC(=O)O)nc2c1c(=O)[nH]c(=O)n2C. The molecule has 0 bridgehead atoms. The molecular formula is C11H12N4O4S. The lowest BCUT2D eigenvalue weighted by atomic mass is 10.5. The summed E-state index contributed by atoms with van der Waals surface area (Å²) >= 11 is 0.980. The normalized spacial score (nSPS) is 10.8. The van der Waals surface area contributed by atoms with Gasteiger partial charge in [0, 0.05) is 13.6 Å². The molecule has 0 aromatic carbocycles. The Hall–Kier alpha value is -2.29. The molecule has 0 spiro atoms. The number of aromatic amines is 1. The van der Waals surface area contributed by atoms with Crippen molar-refractivity contribution in [3.05, 3.63) is 33.5 Å². The third-order valence-corrected chi connectivity index (χ3v) is 3.57. The van der Waals surface area contributed by atoms with Gasteiger partial charge >= 0.3 is 11.7 Å². The molecule has 8 nitrogen and oxygen atoms in total. The maximum Gasteiger partial charge on any atom is 0.329 e. The van der Waals surface area contributed by atoms with Crippen LogP contribution in [0.1, 0.15) is 0 Å². The van der Waals surface area contributed by atoms with Crippen molar-refractivity contribution in [2.24, 2.45) is 7.05 Å². The highest BCUT2D eigenvalue weighted by atomic mass is 32.2. The molecule has 2 rings (SSSR count). The maximum absolute atomic E-state index is 11.9. The van der Waals surface area contributed by atoms with E-state index >= 15 is 0 Å². The van der Waals surface area contributed by atoms with E-state index in [1.807, 2.05) is 0 Å². The number of nitrogens with zero attached hydrogens (tertiary/aromatic N) is 3. The van der Waals surface area contributed by atoms with Crippen molar-refractivity contribution >= 4 is 28.9 Å². The number of aromatic nitrogens is 4. The number of carbonyl (C=O) groups is 1. The van der Waals surface area contributed by atoms with Gasteiger partial charge in [-0.3, -0.25) is 19.1 Å². The average molecular weight is 296 g/mol. The second-order valence-corrected chi connectivity index (χ2v) is 4.91. The van der Waals surface area contributed by atoms with Crippen LogP contribution in [0.15, 0.2) is 27.4 Å². The van der Waals surface area contributed by atoms with Gasteiger partial charge < -0.3 is 9.67 Å². The molecule has 2 heterocycles. The Bertz CT molecular complexity index is 801. The predicted octanol–water partition coefficient (Wildman–Crippen LogP) is -0.214. The molecule has 2 N–H and O–H groups in total. The van der Waals surface area contributed by atoms with Crippen LogP contribution < -0.4 is 11.2 Å². The Labute approximate surface area is 116 Å². The fourth-order valence-corrected chi connectivity index (χ4v) is 2.47. The van der Waals surface area contributed by atoms with Gasteiger partial charge in [0.25, 0.3) is 5.56 Å². The Kier molecular flexibility index (Phi) is 3.79. The van der Waals surface area contributed by atoms with E-state index in [0.29, 0.717) is 11.7 Å². The lowest BCUT2D eigenvalue weighted by Gasteiger charge is -2.03. The van der Waals surface area contributed by atoms with Crippen molar-refractivity contribution in [2.45, 2.75) is 11.7 Å². The number of imidazole rings is 1. The van der Waals surface area contributed by atoms with Crippen LogP contribution in [0, 0.1) is 0 Å². The van der Waals surface area contributed by atoms with Crippen molar-refractivity contribution in [1.82, 2.24) is 19.1 Å². The lowest BCUT2D eigenvalue weighted by molar-refractivity contribution is -0.133. The van der Waals surface area contributed by atoms with Gasteiger partial charge in [-0.25, -0.2) is 9.78 Å². The van der Waals surface area contributed by atoms with E-state index in [9.17, 15) is 14.4 Å². The molecule has 0 saturated heterocycles. The highest BCUT2D eigenvalue weighted by Crippen LogP contribution is 2.21. The largest absolute Gasteiger partial charge is 0.481 e. The van der Waals surface area contributed by atoms with Crippen molar-refractivity contribution < 1.29 is 9.90 Å². The maximum atomic E-state index is 11.9. The van der Waals surface area contributed by atoms with Gasteiger partial charge in [0.05, 0.1) is 5.75 Å². The Balaban J connectivity index is 2.72. The van der Waals surface area contributed by atoms with Gasteiger partial charge in [0.1, 0.15) is 0 Å². The molecule has 0 amide bonds. The Morgan fingerprint density at radius 1 is 1.55 bits per heavy atom. The number of allylic oxidation sites excluding steroid dienone is 1. The minimum atomic E-state index is -0.991. The second-order valence-electron chi connectivity index (χ2n) is 3.97. The second kappa shape index (κ2) is 5.37. The van der Waals surface area contributed by atoms with Crippen molar-refractivity contribution in [2.75, 3.05) is 5.75 Å². The third kappa shape index (κ3) is 2.39. The number of carboxylic acid groups (broad SMARTS) is 1. The van der Waals surface area contributed by atoms with Crippen LogP contribution in [0.25, 0.3) is 11.2 Å². The number of nitrogens with one attached hydrogen (secondary N) is 1. The first-order chi connectivity index (χ1) is 9.45. The molecule has 0 fully saturated rings. The van der Waals surface area contributed by atoms with Gasteiger partial charge in [-0.05, 0) is 0 Å². The van der Waals surface area contributed by atoms with Crippen molar-refractivity contribution in [3.63, 3.8) is 0 Å². The van der Waals surface area contributed by atoms with E-state index in [1.165, 1.54) is 16.2 Å². The Morgan fingerprint density at radius 3 is 2.85 bits per heavy atom. The highest BCUT2D eigenvalue weighted by molar-refractivity contribution is 7.99. The van der Waals surface area contributed by atoms with Crippen LogP contribution in [0.3, 0.4) is 0 Å². The summed E-state index contributed by atoms with van der Waals surface area (Å²) in [6, 6.07) is 0. The monoisotopic (exact) mass is 296 g/mol. The smallest absolute Gasteiger partial charge is 0.329 e.